The molecule has 0 radical (unpaired) electrons. The molecule has 140 valence electrons. The third-order valence-corrected chi connectivity index (χ3v) is 5.59. The largest absolute Gasteiger partial charge is 0.384 e. The SMILES string of the molecule is C[C@](O)(CNC(=O)c1ccc2ncsc2c1)c1ccc(-c2ccccc2)cc1. The van der Waals surface area contributed by atoms with Crippen LogP contribution in [-0.2, 0) is 5.60 Å². The number of carbonyl (C=O) groups excluding carboxylic acids is 1. The van der Waals surface area contributed by atoms with E-state index >= 15 is 0 Å². The van der Waals surface area contributed by atoms with Crippen molar-refractivity contribution >= 4 is 27.5 Å². The molecular weight excluding hydrogens is 368 g/mol. The van der Waals surface area contributed by atoms with Gasteiger partial charge in [0.1, 0.15) is 5.60 Å². The minimum Gasteiger partial charge on any atom is -0.384 e. The number of thiazole rings is 1. The smallest absolute Gasteiger partial charge is 0.251 e. The lowest BCUT2D eigenvalue weighted by atomic mass is 9.93. The molecule has 0 bridgehead atoms. The van der Waals surface area contributed by atoms with Crippen LogP contribution in [0.15, 0.2) is 78.3 Å². The van der Waals surface area contributed by atoms with E-state index in [9.17, 15) is 9.90 Å². The van der Waals surface area contributed by atoms with Crippen molar-refractivity contribution in [1.82, 2.24) is 10.3 Å². The van der Waals surface area contributed by atoms with Gasteiger partial charge in [-0.05, 0) is 41.8 Å². The summed E-state index contributed by atoms with van der Waals surface area (Å²) in [6.45, 7) is 1.83. The van der Waals surface area contributed by atoms with Gasteiger partial charge in [-0.2, -0.15) is 0 Å². The Balaban J connectivity index is 1.45. The molecule has 1 heterocycles. The molecule has 0 spiro atoms. The Morgan fingerprint density at radius 1 is 1.04 bits per heavy atom. The van der Waals surface area contributed by atoms with E-state index in [4.69, 9.17) is 0 Å². The number of aromatic nitrogens is 1. The molecule has 5 heteroatoms. The summed E-state index contributed by atoms with van der Waals surface area (Å²) >= 11 is 1.50. The fourth-order valence-electron chi connectivity index (χ4n) is 3.11. The molecule has 1 atom stereocenters. The quantitative estimate of drug-likeness (QED) is 0.525. The lowest BCUT2D eigenvalue weighted by molar-refractivity contribution is 0.0526. The van der Waals surface area contributed by atoms with Gasteiger partial charge < -0.3 is 10.4 Å². The van der Waals surface area contributed by atoms with Gasteiger partial charge in [-0.15, -0.1) is 11.3 Å². The highest BCUT2D eigenvalue weighted by Crippen LogP contribution is 2.25. The summed E-state index contributed by atoms with van der Waals surface area (Å²) in [6, 6.07) is 23.3. The summed E-state index contributed by atoms with van der Waals surface area (Å²) in [4.78, 5) is 16.7. The molecule has 0 saturated heterocycles. The van der Waals surface area contributed by atoms with Crippen molar-refractivity contribution in [2.45, 2.75) is 12.5 Å². The van der Waals surface area contributed by atoms with E-state index < -0.39 is 5.60 Å². The van der Waals surface area contributed by atoms with E-state index in [0.29, 0.717) is 5.56 Å². The van der Waals surface area contributed by atoms with Crippen molar-refractivity contribution in [2.75, 3.05) is 6.54 Å². The van der Waals surface area contributed by atoms with Gasteiger partial charge in [0.25, 0.3) is 5.91 Å². The monoisotopic (exact) mass is 388 g/mol. The van der Waals surface area contributed by atoms with Gasteiger partial charge in [0.15, 0.2) is 0 Å². The van der Waals surface area contributed by atoms with Gasteiger partial charge in [-0.1, -0.05) is 54.6 Å². The molecule has 4 nitrogen and oxygen atoms in total. The number of nitrogens with one attached hydrogen (secondary N) is 1. The van der Waals surface area contributed by atoms with Crippen LogP contribution in [0.2, 0.25) is 0 Å². The zero-order valence-corrected chi connectivity index (χ0v) is 16.2. The number of benzene rings is 3. The number of fused-ring (bicyclic) bond motifs is 1. The van der Waals surface area contributed by atoms with Crippen molar-refractivity contribution < 1.29 is 9.90 Å². The molecule has 0 aliphatic rings. The molecule has 2 N–H and O–H groups in total. The van der Waals surface area contributed by atoms with E-state index in [1.807, 2.05) is 66.7 Å². The van der Waals surface area contributed by atoms with Crippen LogP contribution >= 0.6 is 11.3 Å². The minimum absolute atomic E-state index is 0.122. The Hall–Kier alpha value is -3.02. The minimum atomic E-state index is -1.17. The number of hydrogen-bond donors (Lipinski definition) is 2. The van der Waals surface area contributed by atoms with E-state index in [-0.39, 0.29) is 12.5 Å². The number of nitrogens with zero attached hydrogens (tertiary/aromatic N) is 1. The number of aliphatic hydroxyl groups is 1. The first-order valence-electron chi connectivity index (χ1n) is 9.03. The van der Waals surface area contributed by atoms with Crippen molar-refractivity contribution in [1.29, 1.82) is 0 Å². The van der Waals surface area contributed by atoms with Gasteiger partial charge in [-0.3, -0.25) is 4.79 Å². The first kappa shape index (κ1) is 18.3. The molecule has 4 rings (SSSR count). The predicted octanol–water partition coefficient (Wildman–Crippen LogP) is 4.60. The van der Waals surface area contributed by atoms with Gasteiger partial charge in [0.2, 0.25) is 0 Å². The second-order valence-corrected chi connectivity index (χ2v) is 7.82. The average molecular weight is 388 g/mol. The average Bonchev–Trinajstić information content (AvgIpc) is 3.21. The first-order valence-corrected chi connectivity index (χ1v) is 9.91. The van der Waals surface area contributed by atoms with Crippen molar-refractivity contribution in [3.05, 3.63) is 89.4 Å². The van der Waals surface area contributed by atoms with Crippen molar-refractivity contribution in [3.8, 4) is 11.1 Å². The summed E-state index contributed by atoms with van der Waals surface area (Å²) in [5.41, 5.74) is 5.00. The Morgan fingerprint density at radius 3 is 2.50 bits per heavy atom. The lowest BCUT2D eigenvalue weighted by Gasteiger charge is -2.24. The van der Waals surface area contributed by atoms with Crippen LogP contribution in [0.4, 0.5) is 0 Å². The number of amides is 1. The molecule has 0 unspecified atom stereocenters. The summed E-state index contributed by atoms with van der Waals surface area (Å²) in [5.74, 6) is -0.212. The van der Waals surface area contributed by atoms with Crippen molar-refractivity contribution in [2.24, 2.45) is 0 Å². The fourth-order valence-corrected chi connectivity index (χ4v) is 3.82. The zero-order chi connectivity index (χ0) is 19.6. The van der Waals surface area contributed by atoms with Gasteiger partial charge in [0.05, 0.1) is 22.3 Å². The second-order valence-electron chi connectivity index (χ2n) is 6.93. The van der Waals surface area contributed by atoms with E-state index in [2.05, 4.69) is 10.3 Å². The number of rotatable bonds is 5. The molecule has 1 amide bonds. The summed E-state index contributed by atoms with van der Waals surface area (Å²) in [5, 5.41) is 13.7. The van der Waals surface area contributed by atoms with Crippen LogP contribution in [0.25, 0.3) is 21.3 Å². The van der Waals surface area contributed by atoms with E-state index in [0.717, 1.165) is 26.9 Å². The molecule has 0 fully saturated rings. The number of carbonyl (C=O) groups is 1. The van der Waals surface area contributed by atoms with Crippen molar-refractivity contribution in [3.63, 3.8) is 0 Å². The highest BCUT2D eigenvalue weighted by Gasteiger charge is 2.24. The topological polar surface area (TPSA) is 62.2 Å². The normalized spacial score (nSPS) is 13.2. The number of hydrogen-bond acceptors (Lipinski definition) is 4. The third-order valence-electron chi connectivity index (χ3n) is 4.80. The predicted molar refractivity (Wildman–Crippen MR) is 113 cm³/mol. The Labute approximate surface area is 167 Å². The second kappa shape index (κ2) is 7.54. The zero-order valence-electron chi connectivity index (χ0n) is 15.4. The highest BCUT2D eigenvalue weighted by molar-refractivity contribution is 7.16. The Kier molecular flexibility index (Phi) is 4.94. The molecule has 0 aliphatic heterocycles. The van der Waals surface area contributed by atoms with Crippen LogP contribution in [0, 0.1) is 0 Å². The molecule has 4 aromatic rings. The van der Waals surface area contributed by atoms with Gasteiger partial charge in [0, 0.05) is 5.56 Å². The van der Waals surface area contributed by atoms with Gasteiger partial charge >= 0.3 is 0 Å². The third kappa shape index (κ3) is 3.81. The highest BCUT2D eigenvalue weighted by atomic mass is 32.1. The molecule has 0 saturated carbocycles. The standard InChI is InChI=1S/C23H20N2O2S/c1-23(27,19-10-7-17(8-11-19)16-5-3-2-4-6-16)14-24-22(26)18-9-12-20-21(13-18)28-15-25-20/h2-13,15,27H,14H2,1H3,(H,24,26)/t23-/m0/s1. The maximum absolute atomic E-state index is 12.5. The lowest BCUT2D eigenvalue weighted by Crippen LogP contribution is -2.38. The molecular formula is C23H20N2O2S. The van der Waals surface area contributed by atoms with E-state index in [1.165, 1.54) is 11.3 Å². The maximum atomic E-state index is 12.5. The van der Waals surface area contributed by atoms with Crippen LogP contribution in [0.5, 0.6) is 0 Å². The summed E-state index contributed by atoms with van der Waals surface area (Å²) < 4.78 is 0.968. The maximum Gasteiger partial charge on any atom is 0.251 e. The molecule has 28 heavy (non-hydrogen) atoms. The van der Waals surface area contributed by atoms with Crippen LogP contribution in [0.1, 0.15) is 22.8 Å². The Morgan fingerprint density at radius 2 is 1.75 bits per heavy atom. The molecule has 3 aromatic carbocycles. The summed E-state index contributed by atoms with van der Waals surface area (Å²) in [7, 11) is 0. The van der Waals surface area contributed by atoms with Gasteiger partial charge in [-0.25, -0.2) is 4.98 Å². The first-order chi connectivity index (χ1) is 13.5. The van der Waals surface area contributed by atoms with Crippen LogP contribution in [0.3, 0.4) is 0 Å². The van der Waals surface area contributed by atoms with Crippen LogP contribution < -0.4 is 5.32 Å². The molecule has 1 aromatic heterocycles. The van der Waals surface area contributed by atoms with E-state index in [1.54, 1.807) is 18.5 Å². The van der Waals surface area contributed by atoms with Crippen LogP contribution in [-0.4, -0.2) is 22.5 Å². The Bertz CT molecular complexity index is 1100. The summed E-state index contributed by atoms with van der Waals surface area (Å²) in [6.07, 6.45) is 0. The fraction of sp³-hybridized carbons (Fsp3) is 0.130. The molecule has 0 aliphatic carbocycles.